The summed E-state index contributed by atoms with van der Waals surface area (Å²) in [5, 5.41) is 16.2. The van der Waals surface area contributed by atoms with E-state index < -0.39 is 0 Å². The van der Waals surface area contributed by atoms with Crippen LogP contribution >= 0.6 is 23.2 Å². The molecular weight excluding hydrogens is 361 g/mol. The number of halogens is 2. The van der Waals surface area contributed by atoms with E-state index in [9.17, 15) is 0 Å². The molecule has 0 spiro atoms. The van der Waals surface area contributed by atoms with E-state index in [2.05, 4.69) is 25.6 Å². The van der Waals surface area contributed by atoms with Crippen molar-refractivity contribution in [2.75, 3.05) is 23.8 Å². The monoisotopic (exact) mass is 375 g/mol. The Hall–Kier alpha value is -2.41. The fourth-order valence-corrected chi connectivity index (χ4v) is 2.47. The third-order valence-electron chi connectivity index (χ3n) is 3.24. The molecule has 0 saturated heterocycles. The van der Waals surface area contributed by atoms with Crippen LogP contribution < -0.4 is 10.6 Å². The van der Waals surface area contributed by atoms with E-state index >= 15 is 0 Å². The molecule has 0 radical (unpaired) electrons. The first-order valence-corrected chi connectivity index (χ1v) is 8.28. The lowest BCUT2D eigenvalue weighted by Gasteiger charge is -2.12. The first kappa shape index (κ1) is 17.4. The molecule has 25 heavy (non-hydrogen) atoms. The SMILES string of the molecule is OCCNc1nc(Nc2cc(Cl)ccc2Cl)cc(-c2ccccn2)n1. The van der Waals surface area contributed by atoms with Gasteiger partial charge in [0.1, 0.15) is 5.82 Å². The summed E-state index contributed by atoms with van der Waals surface area (Å²) in [7, 11) is 0. The van der Waals surface area contributed by atoms with Crippen LogP contribution in [0.1, 0.15) is 0 Å². The van der Waals surface area contributed by atoms with E-state index in [0.717, 1.165) is 0 Å². The summed E-state index contributed by atoms with van der Waals surface area (Å²) in [6.07, 6.45) is 1.69. The Morgan fingerprint density at radius 1 is 1.00 bits per heavy atom. The molecule has 2 heterocycles. The number of aromatic nitrogens is 3. The van der Waals surface area contributed by atoms with Crippen LogP contribution in [0.4, 0.5) is 17.5 Å². The second-order valence-corrected chi connectivity index (χ2v) is 5.92. The number of pyridine rings is 1. The highest BCUT2D eigenvalue weighted by Crippen LogP contribution is 2.29. The normalized spacial score (nSPS) is 10.5. The molecule has 6 nitrogen and oxygen atoms in total. The lowest BCUT2D eigenvalue weighted by atomic mass is 10.2. The van der Waals surface area contributed by atoms with Crippen LogP contribution in [-0.2, 0) is 0 Å². The summed E-state index contributed by atoms with van der Waals surface area (Å²) in [6.45, 7) is 0.309. The number of nitrogens with one attached hydrogen (secondary N) is 2. The van der Waals surface area contributed by atoms with E-state index in [1.807, 2.05) is 18.2 Å². The summed E-state index contributed by atoms with van der Waals surface area (Å²) in [5.74, 6) is 0.901. The van der Waals surface area contributed by atoms with Crippen molar-refractivity contribution in [1.82, 2.24) is 15.0 Å². The molecular formula is C17H15Cl2N5O. The van der Waals surface area contributed by atoms with Gasteiger partial charge in [-0.05, 0) is 30.3 Å². The predicted octanol–water partition coefficient (Wildman–Crippen LogP) is 3.99. The van der Waals surface area contributed by atoms with Crippen molar-refractivity contribution >= 4 is 40.7 Å². The van der Waals surface area contributed by atoms with Gasteiger partial charge in [-0.15, -0.1) is 0 Å². The van der Waals surface area contributed by atoms with Crippen molar-refractivity contribution in [2.45, 2.75) is 0 Å². The zero-order valence-electron chi connectivity index (χ0n) is 13.1. The van der Waals surface area contributed by atoms with Gasteiger partial charge in [0.05, 0.1) is 28.7 Å². The Kier molecular flexibility index (Phi) is 5.65. The number of hydrogen-bond acceptors (Lipinski definition) is 6. The first-order valence-electron chi connectivity index (χ1n) is 7.53. The number of hydrogen-bond donors (Lipinski definition) is 3. The highest BCUT2D eigenvalue weighted by Gasteiger charge is 2.09. The van der Waals surface area contributed by atoms with E-state index in [1.165, 1.54) is 0 Å². The summed E-state index contributed by atoms with van der Waals surface area (Å²) >= 11 is 12.2. The molecule has 0 aliphatic carbocycles. The van der Waals surface area contributed by atoms with Crippen molar-refractivity contribution in [1.29, 1.82) is 0 Å². The van der Waals surface area contributed by atoms with E-state index in [1.54, 1.807) is 30.5 Å². The standard InChI is InChI=1S/C17H15Cl2N5O/c18-11-4-5-12(19)14(9-11)22-16-10-15(13-3-1-2-6-20-13)23-17(24-16)21-7-8-25/h1-6,9-10,25H,7-8H2,(H2,21,22,23,24). The fraction of sp³-hybridized carbons (Fsp3) is 0.118. The van der Waals surface area contributed by atoms with Gasteiger partial charge in [0, 0.05) is 23.8 Å². The van der Waals surface area contributed by atoms with Gasteiger partial charge in [-0.1, -0.05) is 29.3 Å². The zero-order chi connectivity index (χ0) is 17.6. The quantitative estimate of drug-likeness (QED) is 0.603. The van der Waals surface area contributed by atoms with Crippen molar-refractivity contribution < 1.29 is 5.11 Å². The van der Waals surface area contributed by atoms with Crippen molar-refractivity contribution in [3.63, 3.8) is 0 Å². The maximum absolute atomic E-state index is 9.01. The number of benzene rings is 1. The Labute approximate surface area is 154 Å². The van der Waals surface area contributed by atoms with Crippen LogP contribution in [0.15, 0.2) is 48.7 Å². The van der Waals surface area contributed by atoms with Gasteiger partial charge in [0.25, 0.3) is 0 Å². The average molecular weight is 376 g/mol. The van der Waals surface area contributed by atoms with Crippen molar-refractivity contribution in [2.24, 2.45) is 0 Å². The van der Waals surface area contributed by atoms with Gasteiger partial charge in [-0.2, -0.15) is 4.98 Å². The largest absolute Gasteiger partial charge is 0.395 e. The smallest absolute Gasteiger partial charge is 0.225 e. The van der Waals surface area contributed by atoms with E-state index in [0.29, 0.717) is 45.4 Å². The van der Waals surface area contributed by atoms with Gasteiger partial charge in [-0.25, -0.2) is 4.98 Å². The molecule has 0 aliphatic rings. The summed E-state index contributed by atoms with van der Waals surface area (Å²) in [5.41, 5.74) is 1.97. The number of nitrogens with zero attached hydrogens (tertiary/aromatic N) is 3. The molecule has 1 aromatic carbocycles. The third-order valence-corrected chi connectivity index (χ3v) is 3.80. The van der Waals surface area contributed by atoms with Gasteiger partial charge >= 0.3 is 0 Å². The van der Waals surface area contributed by atoms with Crippen LogP contribution in [-0.4, -0.2) is 33.2 Å². The molecule has 3 aromatic rings. The highest BCUT2D eigenvalue weighted by molar-refractivity contribution is 6.35. The van der Waals surface area contributed by atoms with Crippen LogP contribution in [0.2, 0.25) is 10.0 Å². The minimum atomic E-state index is -0.0277. The Morgan fingerprint density at radius 3 is 2.64 bits per heavy atom. The molecule has 0 amide bonds. The Bertz CT molecular complexity index is 861. The molecule has 3 rings (SSSR count). The topological polar surface area (TPSA) is 83.0 Å². The van der Waals surface area contributed by atoms with Gasteiger partial charge in [0.15, 0.2) is 0 Å². The van der Waals surface area contributed by atoms with Crippen molar-refractivity contribution in [3.05, 3.63) is 58.7 Å². The summed E-state index contributed by atoms with van der Waals surface area (Å²) in [6, 6.07) is 12.5. The zero-order valence-corrected chi connectivity index (χ0v) is 14.6. The summed E-state index contributed by atoms with van der Waals surface area (Å²) in [4.78, 5) is 13.1. The lowest BCUT2D eigenvalue weighted by molar-refractivity contribution is 0.311. The molecule has 0 unspecified atom stereocenters. The van der Waals surface area contributed by atoms with Crippen molar-refractivity contribution in [3.8, 4) is 11.4 Å². The van der Waals surface area contributed by atoms with Gasteiger partial charge in [0.2, 0.25) is 5.95 Å². The highest BCUT2D eigenvalue weighted by atomic mass is 35.5. The van der Waals surface area contributed by atoms with Crippen LogP contribution in [0.3, 0.4) is 0 Å². The molecule has 3 N–H and O–H groups in total. The molecule has 0 saturated carbocycles. The molecule has 0 fully saturated rings. The second-order valence-electron chi connectivity index (χ2n) is 5.08. The van der Waals surface area contributed by atoms with Gasteiger partial charge < -0.3 is 15.7 Å². The Morgan fingerprint density at radius 2 is 1.88 bits per heavy atom. The minimum absolute atomic E-state index is 0.0277. The average Bonchev–Trinajstić information content (AvgIpc) is 2.63. The van der Waals surface area contributed by atoms with Gasteiger partial charge in [-0.3, -0.25) is 4.98 Å². The molecule has 8 heteroatoms. The molecule has 0 aliphatic heterocycles. The minimum Gasteiger partial charge on any atom is -0.395 e. The molecule has 2 aromatic heterocycles. The maximum atomic E-state index is 9.01. The Balaban J connectivity index is 1.98. The van der Waals surface area contributed by atoms with Crippen LogP contribution in [0.25, 0.3) is 11.4 Å². The molecule has 128 valence electrons. The fourth-order valence-electron chi connectivity index (χ4n) is 2.13. The molecule has 0 atom stereocenters. The summed E-state index contributed by atoms with van der Waals surface area (Å²) < 4.78 is 0. The lowest BCUT2D eigenvalue weighted by Crippen LogP contribution is -2.10. The van der Waals surface area contributed by atoms with Crippen LogP contribution in [0, 0.1) is 0 Å². The van der Waals surface area contributed by atoms with E-state index in [4.69, 9.17) is 28.3 Å². The third kappa shape index (κ3) is 4.57. The first-order chi connectivity index (χ1) is 12.2. The number of rotatable bonds is 6. The number of anilines is 3. The number of aliphatic hydroxyl groups is 1. The maximum Gasteiger partial charge on any atom is 0.225 e. The van der Waals surface area contributed by atoms with Crippen LogP contribution in [0.5, 0.6) is 0 Å². The van der Waals surface area contributed by atoms with E-state index in [-0.39, 0.29) is 6.61 Å². The second kappa shape index (κ2) is 8.11. The number of aliphatic hydroxyl groups excluding tert-OH is 1. The predicted molar refractivity (Wildman–Crippen MR) is 101 cm³/mol. The molecule has 0 bridgehead atoms.